The van der Waals surface area contributed by atoms with Crippen LogP contribution < -0.4 is 20.1 Å². The first-order chi connectivity index (χ1) is 20.9. The van der Waals surface area contributed by atoms with Crippen LogP contribution in [0.5, 0.6) is 11.5 Å². The van der Waals surface area contributed by atoms with Crippen molar-refractivity contribution in [1.82, 2.24) is 29.5 Å². The van der Waals surface area contributed by atoms with Gasteiger partial charge in [-0.3, -0.25) is 9.48 Å². The third-order valence-electron chi connectivity index (χ3n) is 7.18. The second kappa shape index (κ2) is 15.8. The van der Waals surface area contributed by atoms with Gasteiger partial charge in [0.15, 0.2) is 11.5 Å². The first-order valence-corrected chi connectivity index (χ1v) is 14.7. The summed E-state index contributed by atoms with van der Waals surface area (Å²) in [4.78, 5) is 26.1. The molecule has 1 amide bonds. The average molecular weight is 593 g/mol. The van der Waals surface area contributed by atoms with Crippen molar-refractivity contribution in [3.05, 3.63) is 60.9 Å². The lowest BCUT2D eigenvalue weighted by atomic mass is 10.2. The number of benzene rings is 2. The van der Waals surface area contributed by atoms with E-state index in [1.54, 1.807) is 25.6 Å². The molecule has 0 fully saturated rings. The van der Waals surface area contributed by atoms with Gasteiger partial charge in [0.05, 0.1) is 31.1 Å². The minimum atomic E-state index is -0.420. The maximum absolute atomic E-state index is 13.4. The molecule has 0 saturated heterocycles. The fourth-order valence-electron chi connectivity index (χ4n) is 4.72. The highest BCUT2D eigenvalue weighted by atomic mass is 19.1. The van der Waals surface area contributed by atoms with E-state index in [1.165, 1.54) is 29.2 Å². The van der Waals surface area contributed by atoms with Gasteiger partial charge in [-0.2, -0.15) is 5.10 Å². The van der Waals surface area contributed by atoms with E-state index in [2.05, 4.69) is 56.3 Å². The first kappa shape index (κ1) is 31.6. The Bertz CT molecular complexity index is 1480. The number of aromatic nitrogens is 4. The molecule has 0 aliphatic rings. The number of hydrogen-bond donors (Lipinski definition) is 2. The van der Waals surface area contributed by atoms with Crippen LogP contribution in [0.3, 0.4) is 0 Å². The average Bonchev–Trinajstić information content (AvgIpc) is 3.44. The summed E-state index contributed by atoms with van der Waals surface area (Å²) in [5.41, 5.74) is 1.72. The number of rotatable bonds is 17. The van der Waals surface area contributed by atoms with Crippen molar-refractivity contribution in [2.45, 2.75) is 33.7 Å². The van der Waals surface area contributed by atoms with E-state index < -0.39 is 5.82 Å². The van der Waals surface area contributed by atoms with Crippen molar-refractivity contribution < 1.29 is 18.7 Å². The van der Waals surface area contributed by atoms with Gasteiger partial charge in [0, 0.05) is 43.0 Å². The number of halogens is 1. The molecule has 0 spiro atoms. The van der Waals surface area contributed by atoms with Crippen molar-refractivity contribution in [2.24, 2.45) is 0 Å². The topological polar surface area (TPSA) is 110 Å². The second-order valence-electron chi connectivity index (χ2n) is 10.0. The molecule has 2 aromatic carbocycles. The van der Waals surface area contributed by atoms with Crippen LogP contribution in [-0.4, -0.2) is 88.4 Å². The Labute approximate surface area is 252 Å². The van der Waals surface area contributed by atoms with Gasteiger partial charge in [-0.05, 0) is 50.3 Å². The number of hydrogen-bond acceptors (Lipinski definition) is 9. The van der Waals surface area contributed by atoms with Crippen LogP contribution in [0.4, 0.5) is 21.6 Å². The lowest BCUT2D eigenvalue weighted by Gasteiger charge is -2.25. The molecule has 4 rings (SSSR count). The van der Waals surface area contributed by atoms with Crippen LogP contribution >= 0.6 is 0 Å². The number of methoxy groups -OCH3 is 1. The van der Waals surface area contributed by atoms with E-state index in [0.29, 0.717) is 40.8 Å². The fraction of sp³-hybridized carbons (Fsp3) is 0.419. The highest BCUT2D eigenvalue weighted by Gasteiger charge is 2.14. The fourth-order valence-corrected chi connectivity index (χ4v) is 4.72. The highest BCUT2D eigenvalue weighted by Crippen LogP contribution is 2.34. The van der Waals surface area contributed by atoms with E-state index >= 15 is 0 Å². The SMILES string of the molecule is CCN(CC)CCN(CC)CCCOc1cc2ncnc(Nc3cnn(CC(=O)Nc4cccc(F)c4)c3)c2cc1OC. The number of anilines is 3. The molecule has 0 bridgehead atoms. The van der Waals surface area contributed by atoms with Gasteiger partial charge in [0.25, 0.3) is 0 Å². The summed E-state index contributed by atoms with van der Waals surface area (Å²) < 4.78 is 26.7. The third-order valence-corrected chi connectivity index (χ3v) is 7.18. The van der Waals surface area contributed by atoms with E-state index in [4.69, 9.17) is 9.47 Å². The van der Waals surface area contributed by atoms with Crippen LogP contribution in [0.25, 0.3) is 10.9 Å². The normalized spacial score (nSPS) is 11.3. The smallest absolute Gasteiger partial charge is 0.246 e. The number of nitrogens with zero attached hydrogens (tertiary/aromatic N) is 6. The Morgan fingerprint density at radius 1 is 0.977 bits per heavy atom. The predicted octanol–water partition coefficient (Wildman–Crippen LogP) is 4.79. The molecule has 2 aromatic heterocycles. The quantitative estimate of drug-likeness (QED) is 0.167. The lowest BCUT2D eigenvalue weighted by molar-refractivity contribution is -0.116. The maximum atomic E-state index is 13.4. The van der Waals surface area contributed by atoms with Crippen LogP contribution in [0.1, 0.15) is 27.2 Å². The highest BCUT2D eigenvalue weighted by molar-refractivity contribution is 5.93. The summed E-state index contributed by atoms with van der Waals surface area (Å²) in [5.74, 6) is 1.03. The Hall–Kier alpha value is -4.29. The minimum absolute atomic E-state index is 0.0385. The monoisotopic (exact) mass is 592 g/mol. The number of amides is 1. The second-order valence-corrected chi connectivity index (χ2v) is 10.0. The van der Waals surface area contributed by atoms with Gasteiger partial charge in [-0.1, -0.05) is 26.8 Å². The number of nitrogens with one attached hydrogen (secondary N) is 2. The number of likely N-dealkylation sites (N-methyl/N-ethyl adjacent to an activating group) is 2. The molecule has 0 unspecified atom stereocenters. The van der Waals surface area contributed by atoms with Gasteiger partial charge in [-0.25, -0.2) is 14.4 Å². The number of ether oxygens (including phenoxy) is 2. The third kappa shape index (κ3) is 9.10. The molecule has 2 N–H and O–H groups in total. The standard InChI is InChI=1S/C31H41FN8O3/c1-5-38(6-2)13-14-39(7-3)12-9-15-43-29-18-27-26(17-28(29)42-4)31(34-22-33-27)37-25-19-35-40(20-25)21-30(41)36-24-11-8-10-23(32)16-24/h8,10-11,16-20,22H,5-7,9,12-15,21H2,1-4H3,(H,36,41)(H,33,34,37). The van der Waals surface area contributed by atoms with Gasteiger partial charge < -0.3 is 29.9 Å². The Balaban J connectivity index is 1.36. The van der Waals surface area contributed by atoms with Gasteiger partial charge in [-0.15, -0.1) is 0 Å². The molecule has 12 heteroatoms. The van der Waals surface area contributed by atoms with Crippen molar-refractivity contribution in [3.63, 3.8) is 0 Å². The maximum Gasteiger partial charge on any atom is 0.246 e. The van der Waals surface area contributed by atoms with Crippen LogP contribution in [-0.2, 0) is 11.3 Å². The van der Waals surface area contributed by atoms with Crippen LogP contribution in [0.2, 0.25) is 0 Å². The van der Waals surface area contributed by atoms with Gasteiger partial charge >= 0.3 is 0 Å². The summed E-state index contributed by atoms with van der Waals surface area (Å²) in [7, 11) is 1.61. The molecule has 0 aliphatic heterocycles. The molecule has 0 atom stereocenters. The number of carbonyl (C=O) groups is 1. The molecule has 0 saturated carbocycles. The molecule has 0 radical (unpaired) electrons. The molecular formula is C31H41FN8O3. The van der Waals surface area contributed by atoms with Crippen molar-refractivity contribution >= 4 is 34.0 Å². The van der Waals surface area contributed by atoms with Crippen LogP contribution in [0.15, 0.2) is 55.1 Å². The van der Waals surface area contributed by atoms with Crippen molar-refractivity contribution in [2.75, 3.05) is 63.6 Å². The van der Waals surface area contributed by atoms with E-state index in [0.717, 1.165) is 51.1 Å². The summed E-state index contributed by atoms with van der Waals surface area (Å²) in [6.07, 6.45) is 5.66. The van der Waals surface area contributed by atoms with Crippen molar-refractivity contribution in [1.29, 1.82) is 0 Å². The Morgan fingerprint density at radius 3 is 2.51 bits per heavy atom. The van der Waals surface area contributed by atoms with Gasteiger partial charge in [0.2, 0.25) is 5.91 Å². The zero-order chi connectivity index (χ0) is 30.6. The number of fused-ring (bicyclic) bond motifs is 1. The van der Waals surface area contributed by atoms with Crippen molar-refractivity contribution in [3.8, 4) is 11.5 Å². The van der Waals surface area contributed by atoms with E-state index in [-0.39, 0.29) is 12.5 Å². The molecule has 2 heterocycles. The Kier molecular flexibility index (Phi) is 11.6. The Morgan fingerprint density at radius 2 is 1.77 bits per heavy atom. The minimum Gasteiger partial charge on any atom is -0.493 e. The molecule has 4 aromatic rings. The lowest BCUT2D eigenvalue weighted by Crippen LogP contribution is -2.35. The van der Waals surface area contributed by atoms with E-state index in [1.807, 2.05) is 12.1 Å². The molecule has 230 valence electrons. The van der Waals surface area contributed by atoms with E-state index in [9.17, 15) is 9.18 Å². The summed E-state index contributed by atoms with van der Waals surface area (Å²) in [5, 5.41) is 10.9. The molecule has 11 nitrogen and oxygen atoms in total. The zero-order valence-electron chi connectivity index (χ0n) is 25.3. The summed E-state index contributed by atoms with van der Waals surface area (Å²) in [6, 6.07) is 9.45. The predicted molar refractivity (Wildman–Crippen MR) is 167 cm³/mol. The summed E-state index contributed by atoms with van der Waals surface area (Å²) >= 11 is 0. The largest absolute Gasteiger partial charge is 0.493 e. The summed E-state index contributed by atoms with van der Waals surface area (Å²) in [6.45, 7) is 13.3. The zero-order valence-corrected chi connectivity index (χ0v) is 25.3. The van der Waals surface area contributed by atoms with Crippen LogP contribution in [0, 0.1) is 5.82 Å². The number of carbonyl (C=O) groups excluding carboxylic acids is 1. The first-order valence-electron chi connectivity index (χ1n) is 14.7. The molecular weight excluding hydrogens is 551 g/mol. The van der Waals surface area contributed by atoms with Gasteiger partial charge in [0.1, 0.15) is 24.5 Å². The molecule has 0 aliphatic carbocycles. The molecule has 43 heavy (non-hydrogen) atoms.